The van der Waals surface area contributed by atoms with E-state index in [9.17, 15) is 4.79 Å². The van der Waals surface area contributed by atoms with E-state index in [2.05, 4.69) is 0 Å². The standard InChI is InChI=1S/C9H13ClO2/c1-2-12-9(11)7-4-3-5-8(10)6-7/h6,8H,2-5H2,1H3. The number of rotatable bonds is 2. The van der Waals surface area contributed by atoms with Crippen molar-refractivity contribution in [2.75, 3.05) is 6.61 Å². The van der Waals surface area contributed by atoms with Gasteiger partial charge in [-0.25, -0.2) is 4.79 Å². The molecule has 1 aliphatic carbocycles. The van der Waals surface area contributed by atoms with Gasteiger partial charge in [0.25, 0.3) is 0 Å². The number of esters is 1. The van der Waals surface area contributed by atoms with E-state index in [1.54, 1.807) is 6.92 Å². The average molecular weight is 189 g/mol. The number of carbonyl (C=O) groups is 1. The quantitative estimate of drug-likeness (QED) is 0.491. The van der Waals surface area contributed by atoms with E-state index >= 15 is 0 Å². The molecule has 0 fully saturated rings. The first kappa shape index (κ1) is 9.59. The Labute approximate surface area is 77.5 Å². The van der Waals surface area contributed by atoms with Crippen LogP contribution in [0.25, 0.3) is 0 Å². The van der Waals surface area contributed by atoms with E-state index in [-0.39, 0.29) is 11.3 Å². The van der Waals surface area contributed by atoms with Crippen LogP contribution in [0.2, 0.25) is 0 Å². The van der Waals surface area contributed by atoms with Crippen molar-refractivity contribution in [3.63, 3.8) is 0 Å². The first-order chi connectivity index (χ1) is 5.74. The van der Waals surface area contributed by atoms with Crippen LogP contribution in [0, 0.1) is 0 Å². The zero-order valence-corrected chi connectivity index (χ0v) is 7.93. The molecule has 0 spiro atoms. The molecule has 68 valence electrons. The van der Waals surface area contributed by atoms with E-state index in [4.69, 9.17) is 16.3 Å². The third-order valence-electron chi connectivity index (χ3n) is 1.85. The third kappa shape index (κ3) is 2.52. The molecule has 0 aromatic heterocycles. The van der Waals surface area contributed by atoms with Gasteiger partial charge in [-0.2, -0.15) is 0 Å². The van der Waals surface area contributed by atoms with Gasteiger partial charge in [-0.05, 0) is 26.2 Å². The van der Waals surface area contributed by atoms with Crippen LogP contribution in [0.15, 0.2) is 11.6 Å². The van der Waals surface area contributed by atoms with E-state index in [0.717, 1.165) is 24.8 Å². The number of hydrogen-bond acceptors (Lipinski definition) is 2. The second kappa shape index (κ2) is 4.51. The maximum Gasteiger partial charge on any atom is 0.333 e. The molecule has 0 radical (unpaired) electrons. The van der Waals surface area contributed by atoms with E-state index < -0.39 is 0 Å². The van der Waals surface area contributed by atoms with Crippen molar-refractivity contribution in [3.05, 3.63) is 11.6 Å². The van der Waals surface area contributed by atoms with Gasteiger partial charge in [0.05, 0.1) is 12.0 Å². The summed E-state index contributed by atoms with van der Waals surface area (Å²) in [6.07, 6.45) is 4.56. The highest BCUT2D eigenvalue weighted by atomic mass is 35.5. The van der Waals surface area contributed by atoms with Gasteiger partial charge in [-0.3, -0.25) is 0 Å². The Morgan fingerprint density at radius 3 is 3.17 bits per heavy atom. The summed E-state index contributed by atoms with van der Waals surface area (Å²) in [4.78, 5) is 11.2. The lowest BCUT2D eigenvalue weighted by atomic mass is 9.99. The van der Waals surface area contributed by atoms with Gasteiger partial charge in [-0.1, -0.05) is 6.08 Å². The van der Waals surface area contributed by atoms with Crippen LogP contribution in [-0.2, 0) is 9.53 Å². The van der Waals surface area contributed by atoms with Gasteiger partial charge in [-0.15, -0.1) is 11.6 Å². The summed E-state index contributed by atoms with van der Waals surface area (Å²) in [5.74, 6) is -0.206. The summed E-state index contributed by atoms with van der Waals surface area (Å²) >= 11 is 5.87. The Kier molecular flexibility index (Phi) is 3.60. The largest absolute Gasteiger partial charge is 0.463 e. The van der Waals surface area contributed by atoms with Crippen LogP contribution in [0.5, 0.6) is 0 Å². The number of allylic oxidation sites excluding steroid dienone is 1. The van der Waals surface area contributed by atoms with Crippen molar-refractivity contribution in [1.29, 1.82) is 0 Å². The fourth-order valence-electron chi connectivity index (χ4n) is 1.27. The molecule has 0 amide bonds. The molecule has 3 heteroatoms. The van der Waals surface area contributed by atoms with Crippen molar-refractivity contribution in [1.82, 2.24) is 0 Å². The molecule has 1 atom stereocenters. The van der Waals surface area contributed by atoms with Crippen molar-refractivity contribution in [2.45, 2.75) is 31.6 Å². The van der Waals surface area contributed by atoms with Gasteiger partial charge >= 0.3 is 5.97 Å². The summed E-state index contributed by atoms with van der Waals surface area (Å²) in [5.41, 5.74) is 0.739. The monoisotopic (exact) mass is 188 g/mol. The lowest BCUT2D eigenvalue weighted by Crippen LogP contribution is -2.13. The number of ether oxygens (including phenoxy) is 1. The molecule has 0 heterocycles. The zero-order valence-electron chi connectivity index (χ0n) is 7.18. The Bertz CT molecular complexity index is 199. The normalized spacial score (nSPS) is 23.2. The molecule has 0 aliphatic heterocycles. The summed E-state index contributed by atoms with van der Waals surface area (Å²) in [6, 6.07) is 0. The molecule has 0 aromatic rings. The molecule has 0 N–H and O–H groups in total. The summed E-state index contributed by atoms with van der Waals surface area (Å²) < 4.78 is 4.86. The smallest absolute Gasteiger partial charge is 0.333 e. The van der Waals surface area contributed by atoms with Crippen molar-refractivity contribution < 1.29 is 9.53 Å². The highest BCUT2D eigenvalue weighted by molar-refractivity contribution is 6.22. The Morgan fingerprint density at radius 1 is 1.83 bits per heavy atom. The van der Waals surface area contributed by atoms with Crippen molar-refractivity contribution >= 4 is 17.6 Å². The van der Waals surface area contributed by atoms with Crippen LogP contribution >= 0.6 is 11.6 Å². The molecule has 2 nitrogen and oxygen atoms in total. The molecule has 0 aromatic carbocycles. The molecule has 0 saturated heterocycles. The van der Waals surface area contributed by atoms with Gasteiger partial charge in [0.15, 0.2) is 0 Å². The van der Waals surface area contributed by atoms with E-state index in [0.29, 0.717) is 6.61 Å². The zero-order chi connectivity index (χ0) is 8.97. The predicted molar refractivity (Wildman–Crippen MR) is 48.2 cm³/mol. The minimum absolute atomic E-state index is 0.0122. The fraction of sp³-hybridized carbons (Fsp3) is 0.667. The van der Waals surface area contributed by atoms with E-state index in [1.165, 1.54) is 0 Å². The first-order valence-electron chi connectivity index (χ1n) is 4.26. The third-order valence-corrected chi connectivity index (χ3v) is 2.19. The van der Waals surface area contributed by atoms with Crippen LogP contribution in [0.4, 0.5) is 0 Å². The molecular weight excluding hydrogens is 176 g/mol. The van der Waals surface area contributed by atoms with Crippen LogP contribution in [0.3, 0.4) is 0 Å². The van der Waals surface area contributed by atoms with Crippen LogP contribution in [-0.4, -0.2) is 18.0 Å². The highest BCUT2D eigenvalue weighted by Gasteiger charge is 2.17. The lowest BCUT2D eigenvalue weighted by Gasteiger charge is -2.14. The maximum absolute atomic E-state index is 11.2. The van der Waals surface area contributed by atoms with Gasteiger partial charge in [0.2, 0.25) is 0 Å². The predicted octanol–water partition coefficient (Wildman–Crippen LogP) is 2.27. The van der Waals surface area contributed by atoms with Gasteiger partial charge in [0, 0.05) is 5.57 Å². The summed E-state index contributed by atoms with van der Waals surface area (Å²) in [7, 11) is 0. The number of carbonyl (C=O) groups excluding carboxylic acids is 1. The maximum atomic E-state index is 11.2. The van der Waals surface area contributed by atoms with Crippen LogP contribution in [0.1, 0.15) is 26.2 Å². The second-order valence-corrected chi connectivity index (χ2v) is 3.38. The molecule has 0 bridgehead atoms. The van der Waals surface area contributed by atoms with E-state index in [1.807, 2.05) is 6.08 Å². The molecule has 12 heavy (non-hydrogen) atoms. The lowest BCUT2D eigenvalue weighted by molar-refractivity contribution is -0.138. The molecule has 1 rings (SSSR count). The second-order valence-electron chi connectivity index (χ2n) is 2.82. The first-order valence-corrected chi connectivity index (χ1v) is 4.69. The van der Waals surface area contributed by atoms with Gasteiger partial charge in [0.1, 0.15) is 0 Å². The molecule has 0 saturated carbocycles. The Hall–Kier alpha value is -0.500. The fourth-order valence-corrected chi connectivity index (χ4v) is 1.57. The minimum atomic E-state index is -0.206. The van der Waals surface area contributed by atoms with Crippen LogP contribution < -0.4 is 0 Å². The molecule has 1 aliphatic rings. The number of hydrogen-bond donors (Lipinski definition) is 0. The van der Waals surface area contributed by atoms with Gasteiger partial charge < -0.3 is 4.74 Å². The number of halogens is 1. The SMILES string of the molecule is CCOC(=O)C1=CC(Cl)CCC1. The topological polar surface area (TPSA) is 26.3 Å². The highest BCUT2D eigenvalue weighted by Crippen LogP contribution is 2.22. The summed E-state index contributed by atoms with van der Waals surface area (Å²) in [5, 5.41) is 0.0122. The minimum Gasteiger partial charge on any atom is -0.463 e. The van der Waals surface area contributed by atoms with Crippen molar-refractivity contribution in [2.24, 2.45) is 0 Å². The number of alkyl halides is 1. The Morgan fingerprint density at radius 2 is 2.58 bits per heavy atom. The van der Waals surface area contributed by atoms with Crippen molar-refractivity contribution in [3.8, 4) is 0 Å². The Balaban J connectivity index is 2.55. The molecule has 1 unspecified atom stereocenters. The average Bonchev–Trinajstić information content (AvgIpc) is 2.05. The summed E-state index contributed by atoms with van der Waals surface area (Å²) in [6.45, 7) is 2.24. The molecular formula is C9H13ClO2.